The van der Waals surface area contributed by atoms with Gasteiger partial charge in [-0.25, -0.2) is 4.98 Å². The number of piperidine rings is 1. The molecule has 4 rings (SSSR count). The number of nitrogens with zero attached hydrogens (tertiary/aromatic N) is 6. The zero-order valence-electron chi connectivity index (χ0n) is 13.0. The first-order chi connectivity index (χ1) is 11.8. The lowest BCUT2D eigenvalue weighted by molar-refractivity contribution is 0.221. The van der Waals surface area contributed by atoms with Gasteiger partial charge in [0.05, 0.1) is 6.61 Å². The van der Waals surface area contributed by atoms with Gasteiger partial charge in [0.25, 0.3) is 0 Å². The number of hydrogen-bond donors (Lipinski definition) is 0. The summed E-state index contributed by atoms with van der Waals surface area (Å²) in [5, 5.41) is 13.0. The monoisotopic (exact) mass is 344 g/mol. The molecular weight excluding hydrogens is 328 g/mol. The Morgan fingerprint density at radius 1 is 1.29 bits per heavy atom. The molecule has 0 spiro atoms. The molecule has 4 heterocycles. The minimum atomic E-state index is 0.412. The molecule has 0 bridgehead atoms. The molecule has 24 heavy (non-hydrogen) atoms. The molecular formula is C16H17ClN6O. The maximum atomic E-state index is 6.09. The van der Waals surface area contributed by atoms with E-state index in [-0.39, 0.29) is 0 Å². The summed E-state index contributed by atoms with van der Waals surface area (Å²) in [5.41, 5.74) is 0.750. The van der Waals surface area contributed by atoms with Gasteiger partial charge >= 0.3 is 0 Å². The lowest BCUT2D eigenvalue weighted by Crippen LogP contribution is -2.38. The van der Waals surface area contributed by atoms with Crippen molar-refractivity contribution in [2.45, 2.75) is 12.8 Å². The number of aromatic nitrogens is 5. The van der Waals surface area contributed by atoms with Crippen LogP contribution in [0.3, 0.4) is 0 Å². The molecule has 1 unspecified atom stereocenters. The second-order valence-electron chi connectivity index (χ2n) is 5.88. The fourth-order valence-corrected chi connectivity index (χ4v) is 3.15. The SMILES string of the molecule is Clc1cccnc1OCC1CCCN(c2ccc3nncn3n2)C1. The van der Waals surface area contributed by atoms with Crippen molar-refractivity contribution in [1.82, 2.24) is 24.8 Å². The summed E-state index contributed by atoms with van der Waals surface area (Å²) >= 11 is 6.09. The van der Waals surface area contributed by atoms with Crippen molar-refractivity contribution < 1.29 is 4.74 Å². The number of pyridine rings is 1. The first kappa shape index (κ1) is 15.1. The van der Waals surface area contributed by atoms with Gasteiger partial charge in [-0.3, -0.25) is 0 Å². The van der Waals surface area contributed by atoms with Crippen LogP contribution in [0.25, 0.3) is 5.65 Å². The highest BCUT2D eigenvalue weighted by Gasteiger charge is 2.22. The van der Waals surface area contributed by atoms with Crippen LogP contribution in [-0.4, -0.2) is 44.5 Å². The minimum absolute atomic E-state index is 0.412. The lowest BCUT2D eigenvalue weighted by atomic mass is 9.99. The summed E-state index contributed by atoms with van der Waals surface area (Å²) < 4.78 is 7.50. The van der Waals surface area contributed by atoms with Gasteiger partial charge < -0.3 is 9.64 Å². The maximum Gasteiger partial charge on any atom is 0.232 e. The Morgan fingerprint density at radius 2 is 2.25 bits per heavy atom. The van der Waals surface area contributed by atoms with E-state index >= 15 is 0 Å². The summed E-state index contributed by atoms with van der Waals surface area (Å²) in [7, 11) is 0. The van der Waals surface area contributed by atoms with Gasteiger partial charge in [0.2, 0.25) is 5.88 Å². The fourth-order valence-electron chi connectivity index (χ4n) is 2.97. The van der Waals surface area contributed by atoms with Crippen LogP contribution in [0, 0.1) is 5.92 Å². The quantitative estimate of drug-likeness (QED) is 0.724. The van der Waals surface area contributed by atoms with Gasteiger partial charge in [-0.2, -0.15) is 4.52 Å². The number of ether oxygens (including phenoxy) is 1. The third-order valence-corrected chi connectivity index (χ3v) is 4.46. The van der Waals surface area contributed by atoms with E-state index < -0.39 is 0 Å². The van der Waals surface area contributed by atoms with Crippen LogP contribution < -0.4 is 9.64 Å². The van der Waals surface area contributed by atoms with Crippen LogP contribution in [0.5, 0.6) is 5.88 Å². The van der Waals surface area contributed by atoms with Crippen LogP contribution in [-0.2, 0) is 0 Å². The average molecular weight is 345 g/mol. The summed E-state index contributed by atoms with van der Waals surface area (Å²) in [6, 6.07) is 7.51. The van der Waals surface area contributed by atoms with Crippen LogP contribution in [0.4, 0.5) is 5.82 Å². The van der Waals surface area contributed by atoms with E-state index in [9.17, 15) is 0 Å². The molecule has 0 amide bonds. The molecule has 8 heteroatoms. The second kappa shape index (κ2) is 6.60. The molecule has 0 aromatic carbocycles. The van der Waals surface area contributed by atoms with Crippen molar-refractivity contribution in [1.29, 1.82) is 0 Å². The largest absolute Gasteiger partial charge is 0.476 e. The Balaban J connectivity index is 1.42. The predicted molar refractivity (Wildman–Crippen MR) is 90.5 cm³/mol. The molecule has 0 saturated carbocycles. The van der Waals surface area contributed by atoms with Gasteiger partial charge in [0.1, 0.15) is 17.2 Å². The molecule has 1 aliphatic rings. The number of fused-ring (bicyclic) bond motifs is 1. The third-order valence-electron chi connectivity index (χ3n) is 4.17. The van der Waals surface area contributed by atoms with Crippen molar-refractivity contribution in [2.75, 3.05) is 24.6 Å². The minimum Gasteiger partial charge on any atom is -0.476 e. The van der Waals surface area contributed by atoms with Crippen LogP contribution in [0.1, 0.15) is 12.8 Å². The number of halogens is 1. The molecule has 1 atom stereocenters. The molecule has 3 aromatic rings. The molecule has 1 fully saturated rings. The Bertz CT molecular complexity index is 838. The Labute approximate surface area is 144 Å². The van der Waals surface area contributed by atoms with Crippen molar-refractivity contribution in [3.05, 3.63) is 41.8 Å². The van der Waals surface area contributed by atoms with Crippen molar-refractivity contribution >= 4 is 23.1 Å². The Morgan fingerprint density at radius 3 is 3.17 bits per heavy atom. The zero-order chi connectivity index (χ0) is 16.4. The molecule has 0 N–H and O–H groups in total. The molecule has 0 radical (unpaired) electrons. The van der Waals surface area contributed by atoms with E-state index in [1.54, 1.807) is 29.2 Å². The van der Waals surface area contributed by atoms with E-state index in [4.69, 9.17) is 16.3 Å². The van der Waals surface area contributed by atoms with Crippen molar-refractivity contribution in [2.24, 2.45) is 5.92 Å². The van der Waals surface area contributed by atoms with Gasteiger partial charge in [-0.1, -0.05) is 11.6 Å². The number of hydrogen-bond acceptors (Lipinski definition) is 6. The first-order valence-corrected chi connectivity index (χ1v) is 8.33. The molecule has 3 aromatic heterocycles. The summed E-state index contributed by atoms with van der Waals surface area (Å²) in [6.07, 6.45) is 5.53. The lowest BCUT2D eigenvalue weighted by Gasteiger charge is -2.33. The van der Waals surface area contributed by atoms with Crippen molar-refractivity contribution in [3.8, 4) is 5.88 Å². The van der Waals surface area contributed by atoms with Gasteiger partial charge in [-0.15, -0.1) is 15.3 Å². The van der Waals surface area contributed by atoms with Gasteiger partial charge in [0.15, 0.2) is 5.65 Å². The molecule has 0 aliphatic carbocycles. The molecule has 124 valence electrons. The van der Waals surface area contributed by atoms with Gasteiger partial charge in [-0.05, 0) is 37.1 Å². The van der Waals surface area contributed by atoms with E-state index in [1.807, 2.05) is 12.1 Å². The average Bonchev–Trinajstić information content (AvgIpc) is 3.09. The topological polar surface area (TPSA) is 68.4 Å². The highest BCUT2D eigenvalue weighted by Crippen LogP contribution is 2.24. The normalized spacial score (nSPS) is 18.0. The smallest absolute Gasteiger partial charge is 0.232 e. The fraction of sp³-hybridized carbons (Fsp3) is 0.375. The van der Waals surface area contributed by atoms with Gasteiger partial charge in [0, 0.05) is 25.2 Å². The first-order valence-electron chi connectivity index (χ1n) is 7.95. The third kappa shape index (κ3) is 3.12. The Kier molecular flexibility index (Phi) is 4.17. The van der Waals surface area contributed by atoms with E-state index in [0.29, 0.717) is 23.4 Å². The predicted octanol–water partition coefficient (Wildman–Crippen LogP) is 2.47. The summed E-state index contributed by atoms with van der Waals surface area (Å²) in [4.78, 5) is 6.45. The molecule has 1 saturated heterocycles. The second-order valence-corrected chi connectivity index (χ2v) is 6.29. The van der Waals surface area contributed by atoms with Crippen molar-refractivity contribution in [3.63, 3.8) is 0 Å². The van der Waals surface area contributed by atoms with Crippen LogP contribution >= 0.6 is 11.6 Å². The highest BCUT2D eigenvalue weighted by atomic mass is 35.5. The molecule has 7 nitrogen and oxygen atoms in total. The van der Waals surface area contributed by atoms with E-state index in [2.05, 4.69) is 25.2 Å². The maximum absolute atomic E-state index is 6.09. The molecule has 1 aliphatic heterocycles. The number of rotatable bonds is 4. The highest BCUT2D eigenvalue weighted by molar-refractivity contribution is 6.31. The number of anilines is 1. The Hall–Kier alpha value is -2.41. The zero-order valence-corrected chi connectivity index (χ0v) is 13.8. The van der Waals surface area contributed by atoms with Crippen LogP contribution in [0.15, 0.2) is 36.8 Å². The van der Waals surface area contributed by atoms with E-state index in [0.717, 1.165) is 37.4 Å². The summed E-state index contributed by atoms with van der Waals surface area (Å²) in [5.74, 6) is 1.85. The van der Waals surface area contributed by atoms with E-state index in [1.165, 1.54) is 0 Å². The van der Waals surface area contributed by atoms with Crippen LogP contribution in [0.2, 0.25) is 5.02 Å². The summed E-state index contributed by atoms with van der Waals surface area (Å²) in [6.45, 7) is 2.48. The standard InChI is InChI=1S/C16H17ClN6O/c17-13-4-1-7-18-16(13)24-10-12-3-2-8-22(9-12)15-6-5-14-20-19-11-23(14)21-15/h1,4-7,11-12H,2-3,8-10H2.